The van der Waals surface area contributed by atoms with Crippen LogP contribution in [0.25, 0.3) is 0 Å². The van der Waals surface area contributed by atoms with Crippen molar-refractivity contribution < 1.29 is 0 Å². The van der Waals surface area contributed by atoms with Crippen LogP contribution >= 0.6 is 0 Å². The van der Waals surface area contributed by atoms with E-state index in [4.69, 9.17) is 0 Å². The lowest BCUT2D eigenvalue weighted by Crippen LogP contribution is -2.52. The predicted molar refractivity (Wildman–Crippen MR) is 72.1 cm³/mol. The Morgan fingerprint density at radius 1 is 1.17 bits per heavy atom. The van der Waals surface area contributed by atoms with Gasteiger partial charge in [-0.1, -0.05) is 44.2 Å². The van der Waals surface area contributed by atoms with Crippen LogP contribution in [0.2, 0.25) is 0 Å². The summed E-state index contributed by atoms with van der Waals surface area (Å²) in [5.41, 5.74) is 1.41. The molecule has 0 aliphatic heterocycles. The Kier molecular flexibility index (Phi) is 2.50. The molecule has 18 heavy (non-hydrogen) atoms. The van der Waals surface area contributed by atoms with Crippen molar-refractivity contribution >= 4 is 0 Å². The van der Waals surface area contributed by atoms with Crippen LogP contribution in [0.15, 0.2) is 30.3 Å². The summed E-state index contributed by atoms with van der Waals surface area (Å²) in [6, 6.07) is 14.0. The Morgan fingerprint density at radius 3 is 2.28 bits per heavy atom. The topological polar surface area (TPSA) is 35.8 Å². The molecule has 1 aromatic rings. The van der Waals surface area contributed by atoms with E-state index in [1.807, 2.05) is 18.2 Å². The highest BCUT2D eigenvalue weighted by Crippen LogP contribution is 2.49. The number of nitriles is 1. The van der Waals surface area contributed by atoms with E-state index in [2.05, 4.69) is 37.4 Å². The molecular formula is C16H20N2. The second-order valence-electron chi connectivity index (χ2n) is 6.58. The largest absolute Gasteiger partial charge is 0.311 e. The van der Waals surface area contributed by atoms with Gasteiger partial charge >= 0.3 is 0 Å². The van der Waals surface area contributed by atoms with E-state index in [0.717, 1.165) is 12.8 Å². The maximum atomic E-state index is 9.48. The summed E-state index contributed by atoms with van der Waals surface area (Å²) in [7, 11) is 0. The van der Waals surface area contributed by atoms with Gasteiger partial charge in [-0.3, -0.25) is 0 Å². The van der Waals surface area contributed by atoms with Crippen LogP contribution in [0.5, 0.6) is 0 Å². The van der Waals surface area contributed by atoms with Gasteiger partial charge in [-0.25, -0.2) is 0 Å². The van der Waals surface area contributed by atoms with Gasteiger partial charge in [0.15, 0.2) is 0 Å². The SMILES string of the molecule is CC1(C)CC1NC1CC(C#N)(c2ccccc2)C1. The molecule has 3 rings (SSSR count). The lowest BCUT2D eigenvalue weighted by molar-refractivity contribution is 0.219. The molecule has 0 spiro atoms. The van der Waals surface area contributed by atoms with Gasteiger partial charge in [0.1, 0.15) is 0 Å². The zero-order valence-corrected chi connectivity index (χ0v) is 11.1. The number of nitrogens with zero attached hydrogens (tertiary/aromatic N) is 1. The molecule has 2 nitrogen and oxygen atoms in total. The number of nitrogens with one attached hydrogen (secondary N) is 1. The lowest BCUT2D eigenvalue weighted by Gasteiger charge is -2.43. The van der Waals surface area contributed by atoms with Crippen LogP contribution in [0, 0.1) is 16.7 Å². The average Bonchev–Trinajstić information content (AvgIpc) is 2.92. The lowest BCUT2D eigenvalue weighted by atomic mass is 9.62. The second-order valence-corrected chi connectivity index (χ2v) is 6.58. The molecule has 94 valence electrons. The molecule has 2 aliphatic carbocycles. The van der Waals surface area contributed by atoms with Crippen LogP contribution in [0.1, 0.15) is 38.7 Å². The fraction of sp³-hybridized carbons (Fsp3) is 0.562. The monoisotopic (exact) mass is 240 g/mol. The Bertz CT molecular complexity index is 478. The van der Waals surface area contributed by atoms with Gasteiger partial charge in [0, 0.05) is 12.1 Å². The molecule has 0 aromatic heterocycles. The molecule has 0 bridgehead atoms. The summed E-state index contributed by atoms with van der Waals surface area (Å²) in [5, 5.41) is 13.2. The minimum absolute atomic E-state index is 0.238. The van der Waals surface area contributed by atoms with Gasteiger partial charge < -0.3 is 5.32 Å². The van der Waals surface area contributed by atoms with Crippen molar-refractivity contribution in [2.24, 2.45) is 5.41 Å². The molecule has 1 unspecified atom stereocenters. The number of hydrogen-bond donors (Lipinski definition) is 1. The molecule has 0 saturated heterocycles. The predicted octanol–water partition coefficient (Wildman–Crippen LogP) is 3.00. The molecule has 2 heteroatoms. The van der Waals surface area contributed by atoms with E-state index in [1.54, 1.807) is 0 Å². The molecule has 2 aliphatic rings. The highest BCUT2D eigenvalue weighted by Gasteiger charge is 2.51. The number of benzene rings is 1. The van der Waals surface area contributed by atoms with Crippen molar-refractivity contribution in [3.63, 3.8) is 0 Å². The fourth-order valence-corrected chi connectivity index (χ4v) is 3.08. The van der Waals surface area contributed by atoms with Crippen LogP contribution in [0.4, 0.5) is 0 Å². The molecule has 1 atom stereocenters. The summed E-state index contributed by atoms with van der Waals surface area (Å²) >= 11 is 0. The Morgan fingerprint density at radius 2 is 1.78 bits per heavy atom. The molecule has 0 radical (unpaired) electrons. The third-order valence-electron chi connectivity index (χ3n) is 4.68. The van der Waals surface area contributed by atoms with Crippen molar-refractivity contribution in [2.45, 2.75) is 50.6 Å². The molecule has 2 fully saturated rings. The van der Waals surface area contributed by atoms with Crippen LogP contribution in [-0.2, 0) is 5.41 Å². The number of rotatable bonds is 3. The standard InChI is InChI=1S/C16H20N2/c1-15(2)10-14(15)18-13-8-16(9-13,11-17)12-6-4-3-5-7-12/h3-7,13-14,18H,8-10H2,1-2H3. The van der Waals surface area contributed by atoms with Gasteiger partial charge in [-0.2, -0.15) is 5.26 Å². The molecule has 2 saturated carbocycles. The van der Waals surface area contributed by atoms with E-state index in [9.17, 15) is 5.26 Å². The van der Waals surface area contributed by atoms with Crippen LogP contribution < -0.4 is 5.32 Å². The quantitative estimate of drug-likeness (QED) is 0.881. The van der Waals surface area contributed by atoms with Gasteiger partial charge in [0.2, 0.25) is 0 Å². The van der Waals surface area contributed by atoms with E-state index in [-0.39, 0.29) is 5.41 Å². The van der Waals surface area contributed by atoms with Gasteiger partial charge in [0.25, 0.3) is 0 Å². The smallest absolute Gasteiger partial charge is 0.0852 e. The van der Waals surface area contributed by atoms with Crippen molar-refractivity contribution in [1.82, 2.24) is 5.32 Å². The molecule has 0 amide bonds. The van der Waals surface area contributed by atoms with Crippen LogP contribution in [-0.4, -0.2) is 12.1 Å². The summed E-state index contributed by atoms with van der Waals surface area (Å²) in [6.45, 7) is 4.61. The minimum atomic E-state index is -0.238. The first-order valence-corrected chi connectivity index (χ1v) is 6.79. The third-order valence-corrected chi connectivity index (χ3v) is 4.68. The minimum Gasteiger partial charge on any atom is -0.311 e. The summed E-state index contributed by atoms with van der Waals surface area (Å²) < 4.78 is 0. The summed E-state index contributed by atoms with van der Waals surface area (Å²) in [5.74, 6) is 0. The second kappa shape index (κ2) is 3.83. The zero-order chi connectivity index (χ0) is 12.8. The van der Waals surface area contributed by atoms with Crippen molar-refractivity contribution in [2.75, 3.05) is 0 Å². The average molecular weight is 240 g/mol. The number of hydrogen-bond acceptors (Lipinski definition) is 2. The normalized spacial score (nSPS) is 36.5. The molecule has 1 N–H and O–H groups in total. The molecule has 1 aromatic carbocycles. The zero-order valence-electron chi connectivity index (χ0n) is 11.1. The van der Waals surface area contributed by atoms with Gasteiger partial charge in [0.05, 0.1) is 11.5 Å². The molecular weight excluding hydrogens is 220 g/mol. The Hall–Kier alpha value is -1.33. The van der Waals surface area contributed by atoms with Gasteiger partial charge in [-0.15, -0.1) is 0 Å². The van der Waals surface area contributed by atoms with E-state index in [1.165, 1.54) is 12.0 Å². The van der Waals surface area contributed by atoms with Crippen molar-refractivity contribution in [3.05, 3.63) is 35.9 Å². The summed E-state index contributed by atoms with van der Waals surface area (Å²) in [6.07, 6.45) is 3.19. The molecule has 0 heterocycles. The van der Waals surface area contributed by atoms with Crippen molar-refractivity contribution in [1.29, 1.82) is 5.26 Å². The van der Waals surface area contributed by atoms with Crippen LogP contribution in [0.3, 0.4) is 0 Å². The maximum Gasteiger partial charge on any atom is 0.0852 e. The Balaban J connectivity index is 1.64. The van der Waals surface area contributed by atoms with E-state index >= 15 is 0 Å². The van der Waals surface area contributed by atoms with E-state index in [0.29, 0.717) is 17.5 Å². The van der Waals surface area contributed by atoms with E-state index < -0.39 is 0 Å². The highest BCUT2D eigenvalue weighted by molar-refractivity contribution is 5.37. The van der Waals surface area contributed by atoms with Gasteiger partial charge in [-0.05, 0) is 30.2 Å². The first-order chi connectivity index (χ1) is 8.56. The summed E-state index contributed by atoms with van der Waals surface area (Å²) in [4.78, 5) is 0. The highest BCUT2D eigenvalue weighted by atomic mass is 15.0. The van der Waals surface area contributed by atoms with Crippen molar-refractivity contribution in [3.8, 4) is 6.07 Å². The third kappa shape index (κ3) is 1.83. The Labute approximate surface area is 109 Å². The fourth-order valence-electron chi connectivity index (χ4n) is 3.08. The first kappa shape index (κ1) is 11.7. The maximum absolute atomic E-state index is 9.48. The first-order valence-electron chi connectivity index (χ1n) is 6.79.